The number of nitrogens with two attached hydrogens (primary N) is 2. The Balaban J connectivity index is 1.67. The first-order valence-electron chi connectivity index (χ1n) is 9.51. The molecule has 9 heteroatoms. The minimum Gasteiger partial charge on any atom is -0.365 e. The predicted octanol–water partition coefficient (Wildman–Crippen LogP) is 2.69. The summed E-state index contributed by atoms with van der Waals surface area (Å²) in [4.78, 5) is 24.6. The van der Waals surface area contributed by atoms with E-state index in [1.165, 1.54) is 0 Å². The molecule has 29 heavy (non-hydrogen) atoms. The third kappa shape index (κ3) is 4.09. The highest BCUT2D eigenvalue weighted by atomic mass is 19.1. The Kier molecular flexibility index (Phi) is 5.22. The molecular weight excluding hydrogens is 373 g/mol. The minimum absolute atomic E-state index is 0.0414. The van der Waals surface area contributed by atoms with Gasteiger partial charge >= 0.3 is 0 Å². The van der Waals surface area contributed by atoms with E-state index in [-0.39, 0.29) is 29.3 Å². The van der Waals surface area contributed by atoms with Gasteiger partial charge in [-0.1, -0.05) is 12.8 Å². The quantitative estimate of drug-likeness (QED) is 0.522. The monoisotopic (exact) mass is 395 g/mol. The second-order valence-electron chi connectivity index (χ2n) is 7.16. The van der Waals surface area contributed by atoms with Crippen molar-refractivity contribution in [3.63, 3.8) is 0 Å². The van der Waals surface area contributed by atoms with E-state index in [4.69, 9.17) is 11.5 Å². The molecule has 1 fully saturated rings. The third-order valence-electron chi connectivity index (χ3n) is 5.12. The molecule has 8 nitrogen and oxygen atoms in total. The SMILES string of the molecule is NC(=O)c1cc(F)c(N[C@@H]2CCCC[C@@H]2N)nc1Nc1ccc2nccnc2c1. The van der Waals surface area contributed by atoms with Crippen molar-refractivity contribution in [3.8, 4) is 0 Å². The highest BCUT2D eigenvalue weighted by molar-refractivity contribution is 5.98. The number of rotatable bonds is 5. The fourth-order valence-corrected chi connectivity index (χ4v) is 3.57. The molecule has 2 atom stereocenters. The normalized spacial score (nSPS) is 19.1. The lowest BCUT2D eigenvalue weighted by atomic mass is 9.91. The summed E-state index contributed by atoms with van der Waals surface area (Å²) < 4.78 is 14.6. The van der Waals surface area contributed by atoms with E-state index in [2.05, 4.69) is 25.6 Å². The van der Waals surface area contributed by atoms with Crippen LogP contribution in [0.3, 0.4) is 0 Å². The summed E-state index contributed by atoms with van der Waals surface area (Å²) in [6, 6.07) is 6.28. The van der Waals surface area contributed by atoms with Gasteiger partial charge in [0.05, 0.1) is 16.6 Å². The van der Waals surface area contributed by atoms with Crippen molar-refractivity contribution < 1.29 is 9.18 Å². The molecule has 150 valence electrons. The van der Waals surface area contributed by atoms with Crippen LogP contribution in [-0.4, -0.2) is 32.9 Å². The maximum Gasteiger partial charge on any atom is 0.252 e. The van der Waals surface area contributed by atoms with Crippen LogP contribution in [0.15, 0.2) is 36.7 Å². The Morgan fingerprint density at radius 2 is 1.83 bits per heavy atom. The third-order valence-corrected chi connectivity index (χ3v) is 5.12. The van der Waals surface area contributed by atoms with Crippen molar-refractivity contribution >= 4 is 34.3 Å². The average Bonchev–Trinajstić information content (AvgIpc) is 2.71. The molecule has 0 unspecified atom stereocenters. The Labute approximate surface area is 166 Å². The molecule has 0 spiro atoms. The number of hydrogen-bond donors (Lipinski definition) is 4. The predicted molar refractivity (Wildman–Crippen MR) is 109 cm³/mol. The molecule has 1 aromatic carbocycles. The first-order chi connectivity index (χ1) is 14.0. The molecule has 4 rings (SSSR count). The molecule has 0 bridgehead atoms. The number of nitrogens with one attached hydrogen (secondary N) is 2. The Hall–Kier alpha value is -3.33. The summed E-state index contributed by atoms with van der Waals surface area (Å²) in [5.41, 5.74) is 13.6. The second kappa shape index (κ2) is 7.96. The highest BCUT2D eigenvalue weighted by Gasteiger charge is 2.24. The van der Waals surface area contributed by atoms with Crippen molar-refractivity contribution in [2.24, 2.45) is 11.5 Å². The van der Waals surface area contributed by atoms with Gasteiger partial charge in [-0.3, -0.25) is 14.8 Å². The Bertz CT molecular complexity index is 1060. The van der Waals surface area contributed by atoms with E-state index in [1.54, 1.807) is 30.6 Å². The standard InChI is InChI=1S/C20H22FN7O/c21-13-10-12(18(23)29)19(28-20(13)27-15-4-2-1-3-14(15)22)26-11-5-6-16-17(9-11)25-8-7-24-16/h5-10,14-15H,1-4,22H2,(H2,23,29)(H2,26,27,28)/t14-,15+/m0/s1. The fraction of sp³-hybridized carbons (Fsp3) is 0.300. The van der Waals surface area contributed by atoms with E-state index in [9.17, 15) is 9.18 Å². The molecule has 6 N–H and O–H groups in total. The van der Waals surface area contributed by atoms with Crippen molar-refractivity contribution in [1.29, 1.82) is 0 Å². The number of hydrogen-bond acceptors (Lipinski definition) is 7. The fourth-order valence-electron chi connectivity index (χ4n) is 3.57. The van der Waals surface area contributed by atoms with E-state index >= 15 is 0 Å². The number of fused-ring (bicyclic) bond motifs is 1. The number of carbonyl (C=O) groups excluding carboxylic acids is 1. The van der Waals surface area contributed by atoms with E-state index in [1.807, 2.05) is 0 Å². The van der Waals surface area contributed by atoms with Gasteiger partial charge in [0, 0.05) is 30.2 Å². The number of primary amides is 1. The van der Waals surface area contributed by atoms with Crippen LogP contribution in [0.25, 0.3) is 11.0 Å². The zero-order valence-electron chi connectivity index (χ0n) is 15.7. The van der Waals surface area contributed by atoms with Crippen molar-refractivity contribution in [3.05, 3.63) is 48.0 Å². The number of benzene rings is 1. The molecule has 1 aliphatic carbocycles. The highest BCUT2D eigenvalue weighted by Crippen LogP contribution is 2.27. The smallest absolute Gasteiger partial charge is 0.252 e. The summed E-state index contributed by atoms with van der Waals surface area (Å²) in [5, 5.41) is 6.14. The van der Waals surface area contributed by atoms with Gasteiger partial charge in [-0.15, -0.1) is 0 Å². The van der Waals surface area contributed by atoms with E-state index in [0.717, 1.165) is 37.3 Å². The topological polar surface area (TPSA) is 132 Å². The lowest BCUT2D eigenvalue weighted by Gasteiger charge is -2.30. The molecule has 2 aromatic heterocycles. The van der Waals surface area contributed by atoms with Gasteiger partial charge in [-0.05, 0) is 37.1 Å². The zero-order chi connectivity index (χ0) is 20.4. The largest absolute Gasteiger partial charge is 0.365 e. The van der Waals surface area contributed by atoms with Crippen LogP contribution < -0.4 is 22.1 Å². The Morgan fingerprint density at radius 3 is 2.59 bits per heavy atom. The number of amides is 1. The van der Waals surface area contributed by atoms with Gasteiger partial charge in [0.2, 0.25) is 0 Å². The number of aromatic nitrogens is 3. The van der Waals surface area contributed by atoms with Gasteiger partial charge in [-0.2, -0.15) is 0 Å². The molecular formula is C20H22FN7O. The average molecular weight is 395 g/mol. The van der Waals surface area contributed by atoms with Crippen LogP contribution in [0.2, 0.25) is 0 Å². The van der Waals surface area contributed by atoms with Crippen LogP contribution >= 0.6 is 0 Å². The minimum atomic E-state index is -0.777. The van der Waals surface area contributed by atoms with Crippen molar-refractivity contribution in [2.45, 2.75) is 37.8 Å². The van der Waals surface area contributed by atoms with Gasteiger partial charge < -0.3 is 22.1 Å². The Morgan fingerprint density at radius 1 is 1.07 bits per heavy atom. The maximum absolute atomic E-state index is 14.6. The second-order valence-corrected chi connectivity index (χ2v) is 7.16. The number of carbonyl (C=O) groups is 1. The molecule has 0 radical (unpaired) electrons. The van der Waals surface area contributed by atoms with Gasteiger partial charge in [0.15, 0.2) is 11.6 Å². The first kappa shape index (κ1) is 19.0. The van der Waals surface area contributed by atoms with Crippen LogP contribution in [0.5, 0.6) is 0 Å². The van der Waals surface area contributed by atoms with E-state index < -0.39 is 11.7 Å². The summed E-state index contributed by atoms with van der Waals surface area (Å²) in [6.07, 6.45) is 7.00. The van der Waals surface area contributed by atoms with Crippen LogP contribution in [-0.2, 0) is 0 Å². The molecule has 3 aromatic rings. The number of pyridine rings is 1. The molecule has 0 aliphatic heterocycles. The van der Waals surface area contributed by atoms with Gasteiger partial charge in [0.25, 0.3) is 5.91 Å². The molecule has 0 saturated heterocycles. The molecule has 1 amide bonds. The number of anilines is 3. The summed E-state index contributed by atoms with van der Waals surface area (Å²) >= 11 is 0. The van der Waals surface area contributed by atoms with Crippen LogP contribution in [0.4, 0.5) is 21.7 Å². The van der Waals surface area contributed by atoms with Crippen molar-refractivity contribution in [2.75, 3.05) is 10.6 Å². The lowest BCUT2D eigenvalue weighted by molar-refractivity contribution is 0.100. The lowest BCUT2D eigenvalue weighted by Crippen LogP contribution is -2.43. The summed E-state index contributed by atoms with van der Waals surface area (Å²) in [7, 11) is 0. The van der Waals surface area contributed by atoms with Gasteiger partial charge in [0.1, 0.15) is 5.82 Å². The molecule has 2 heterocycles. The first-order valence-corrected chi connectivity index (χ1v) is 9.51. The van der Waals surface area contributed by atoms with Crippen molar-refractivity contribution in [1.82, 2.24) is 15.0 Å². The molecule has 1 saturated carbocycles. The summed E-state index contributed by atoms with van der Waals surface area (Å²) in [6.45, 7) is 0. The zero-order valence-corrected chi connectivity index (χ0v) is 15.7. The van der Waals surface area contributed by atoms with Crippen LogP contribution in [0, 0.1) is 5.82 Å². The maximum atomic E-state index is 14.6. The molecule has 1 aliphatic rings. The van der Waals surface area contributed by atoms with Crippen LogP contribution in [0.1, 0.15) is 36.0 Å². The van der Waals surface area contributed by atoms with E-state index in [0.29, 0.717) is 11.2 Å². The number of nitrogens with zero attached hydrogens (tertiary/aromatic N) is 3. The van der Waals surface area contributed by atoms with Gasteiger partial charge in [-0.25, -0.2) is 9.37 Å². The number of halogens is 1. The summed E-state index contributed by atoms with van der Waals surface area (Å²) in [5.74, 6) is -1.22.